The van der Waals surface area contributed by atoms with Gasteiger partial charge in [-0.25, -0.2) is 4.79 Å². The van der Waals surface area contributed by atoms with Crippen LogP contribution in [0.5, 0.6) is 0 Å². The van der Waals surface area contributed by atoms with Crippen LogP contribution >= 0.6 is 24.2 Å². The highest BCUT2D eigenvalue weighted by Crippen LogP contribution is 2.26. The lowest BCUT2D eigenvalue weighted by molar-refractivity contribution is -0.139. The number of halogens is 1. The summed E-state index contributed by atoms with van der Waals surface area (Å²) in [5, 5.41) is 17.0. The van der Waals surface area contributed by atoms with Crippen LogP contribution < -0.4 is 21.7 Å². The van der Waals surface area contributed by atoms with Crippen LogP contribution in [-0.4, -0.2) is 40.7 Å². The molecule has 9 nitrogen and oxygen atoms in total. The molecule has 0 saturated carbocycles. The van der Waals surface area contributed by atoms with E-state index in [9.17, 15) is 24.3 Å². The Kier molecular flexibility index (Phi) is 10.8. The normalized spacial score (nSPS) is 14.7. The summed E-state index contributed by atoms with van der Waals surface area (Å²) in [7, 11) is 0. The number of benzene rings is 2. The second-order valence-electron chi connectivity index (χ2n) is 7.67. The number of anilines is 1. The lowest BCUT2D eigenvalue weighted by atomic mass is 10.1. The third kappa shape index (κ3) is 8.43. The number of thioether (sulfide) groups is 1. The SMILES string of the molecule is Cl.NCCCC[C@H](NC(=O)c1ccc(CNc2ccc(/C=C3\SC(=O)NC3=O)cc2)cc1)C(=O)O. The maximum Gasteiger partial charge on any atom is 0.326 e. The van der Waals surface area contributed by atoms with E-state index >= 15 is 0 Å². The van der Waals surface area contributed by atoms with E-state index in [4.69, 9.17) is 5.73 Å². The van der Waals surface area contributed by atoms with E-state index in [1.54, 1.807) is 30.3 Å². The minimum Gasteiger partial charge on any atom is -0.480 e. The van der Waals surface area contributed by atoms with Crippen LogP contribution in [0.3, 0.4) is 0 Å². The van der Waals surface area contributed by atoms with Gasteiger partial charge in [0, 0.05) is 17.8 Å². The molecule has 1 saturated heterocycles. The van der Waals surface area contributed by atoms with Crippen molar-refractivity contribution in [1.29, 1.82) is 0 Å². The summed E-state index contributed by atoms with van der Waals surface area (Å²) in [6.45, 7) is 1.00. The lowest BCUT2D eigenvalue weighted by Gasteiger charge is -2.14. The predicted molar refractivity (Wildman–Crippen MR) is 138 cm³/mol. The van der Waals surface area contributed by atoms with Crippen LogP contribution in [0.15, 0.2) is 53.4 Å². The van der Waals surface area contributed by atoms with Gasteiger partial charge in [0.25, 0.3) is 17.1 Å². The summed E-state index contributed by atoms with van der Waals surface area (Å²) < 4.78 is 0. The third-order valence-corrected chi connectivity index (χ3v) is 5.92. The summed E-state index contributed by atoms with van der Waals surface area (Å²) in [6.07, 6.45) is 3.33. The Morgan fingerprint density at radius 2 is 1.74 bits per heavy atom. The molecule has 186 valence electrons. The van der Waals surface area contributed by atoms with Crippen molar-refractivity contribution in [2.45, 2.75) is 31.8 Å². The first-order valence-electron chi connectivity index (χ1n) is 10.8. The second-order valence-corrected chi connectivity index (χ2v) is 8.69. The number of imide groups is 1. The first-order valence-corrected chi connectivity index (χ1v) is 11.6. The van der Waals surface area contributed by atoms with Gasteiger partial charge in [-0.15, -0.1) is 12.4 Å². The molecule has 0 spiro atoms. The van der Waals surface area contributed by atoms with Crippen LogP contribution in [0.25, 0.3) is 6.08 Å². The Morgan fingerprint density at radius 3 is 2.31 bits per heavy atom. The largest absolute Gasteiger partial charge is 0.480 e. The molecule has 2 aromatic carbocycles. The third-order valence-electron chi connectivity index (χ3n) is 5.11. The van der Waals surface area contributed by atoms with Gasteiger partial charge >= 0.3 is 5.97 Å². The van der Waals surface area contributed by atoms with Gasteiger partial charge in [0.2, 0.25) is 0 Å². The average Bonchev–Trinajstić information content (AvgIpc) is 3.14. The number of carbonyl (C=O) groups is 4. The smallest absolute Gasteiger partial charge is 0.326 e. The van der Waals surface area contributed by atoms with Gasteiger partial charge in [0.05, 0.1) is 4.91 Å². The van der Waals surface area contributed by atoms with Crippen LogP contribution in [0.2, 0.25) is 0 Å². The van der Waals surface area contributed by atoms with Gasteiger partial charge in [-0.1, -0.05) is 24.3 Å². The number of aliphatic carboxylic acids is 1. The summed E-state index contributed by atoms with van der Waals surface area (Å²) in [5.74, 6) is -1.88. The highest BCUT2D eigenvalue weighted by molar-refractivity contribution is 8.18. The first-order chi connectivity index (χ1) is 16.4. The lowest BCUT2D eigenvalue weighted by Crippen LogP contribution is -2.40. The highest BCUT2D eigenvalue weighted by Gasteiger charge is 2.24. The van der Waals surface area contributed by atoms with Gasteiger partial charge in [-0.05, 0) is 79.0 Å². The minimum absolute atomic E-state index is 0. The maximum absolute atomic E-state index is 12.4. The Morgan fingerprint density at radius 1 is 1.06 bits per heavy atom. The van der Waals surface area contributed by atoms with E-state index in [1.165, 1.54) is 0 Å². The molecule has 11 heteroatoms. The molecule has 0 radical (unpaired) electrons. The van der Waals surface area contributed by atoms with Gasteiger partial charge in [-0.3, -0.25) is 19.7 Å². The zero-order valence-electron chi connectivity index (χ0n) is 18.8. The van der Waals surface area contributed by atoms with Crippen molar-refractivity contribution in [3.05, 3.63) is 70.1 Å². The number of carbonyl (C=O) groups excluding carboxylic acids is 3. The first kappa shape index (κ1) is 27.9. The van der Waals surface area contributed by atoms with Crippen LogP contribution in [0.4, 0.5) is 10.5 Å². The number of unbranched alkanes of at least 4 members (excludes halogenated alkanes) is 1. The summed E-state index contributed by atoms with van der Waals surface area (Å²) >= 11 is 0.876. The van der Waals surface area contributed by atoms with E-state index in [1.807, 2.05) is 24.3 Å². The van der Waals surface area contributed by atoms with Crippen molar-refractivity contribution < 1.29 is 24.3 Å². The molecule has 1 aliphatic heterocycles. The number of nitrogens with one attached hydrogen (secondary N) is 3. The Labute approximate surface area is 213 Å². The van der Waals surface area contributed by atoms with E-state index < -0.39 is 17.9 Å². The average molecular weight is 519 g/mol. The van der Waals surface area contributed by atoms with Crippen molar-refractivity contribution >= 4 is 59.0 Å². The van der Waals surface area contributed by atoms with E-state index in [2.05, 4.69) is 16.0 Å². The second kappa shape index (κ2) is 13.5. The summed E-state index contributed by atoms with van der Waals surface area (Å²) in [5.41, 5.74) is 8.44. The molecular formula is C24H27ClN4O5S. The Bertz CT molecular complexity index is 1090. The van der Waals surface area contributed by atoms with E-state index in [0.717, 1.165) is 28.6 Å². The molecule has 1 atom stereocenters. The number of hydrogen-bond donors (Lipinski definition) is 5. The monoisotopic (exact) mass is 518 g/mol. The number of hydrogen-bond acceptors (Lipinski definition) is 7. The van der Waals surface area contributed by atoms with E-state index in [-0.39, 0.29) is 23.6 Å². The molecule has 3 amide bonds. The van der Waals surface area contributed by atoms with Crippen LogP contribution in [-0.2, 0) is 16.1 Å². The number of carboxylic acids is 1. The molecule has 0 bridgehead atoms. The van der Waals surface area contributed by atoms with Crippen LogP contribution in [0, 0.1) is 0 Å². The molecule has 1 heterocycles. The van der Waals surface area contributed by atoms with E-state index in [0.29, 0.717) is 42.8 Å². The molecule has 35 heavy (non-hydrogen) atoms. The van der Waals surface area contributed by atoms with Crippen LogP contribution in [0.1, 0.15) is 40.7 Å². The minimum atomic E-state index is -1.06. The number of amides is 3. The van der Waals surface area contributed by atoms with Crippen molar-refractivity contribution in [3.8, 4) is 0 Å². The van der Waals surface area contributed by atoms with Crippen molar-refractivity contribution in [2.75, 3.05) is 11.9 Å². The molecule has 0 aromatic heterocycles. The zero-order valence-corrected chi connectivity index (χ0v) is 20.4. The van der Waals surface area contributed by atoms with Gasteiger partial charge in [0.1, 0.15) is 6.04 Å². The van der Waals surface area contributed by atoms with Crippen molar-refractivity contribution in [2.24, 2.45) is 5.73 Å². The molecule has 0 aliphatic carbocycles. The molecule has 6 N–H and O–H groups in total. The number of nitrogens with two attached hydrogens (primary N) is 1. The maximum atomic E-state index is 12.4. The molecule has 1 fully saturated rings. The summed E-state index contributed by atoms with van der Waals surface area (Å²) in [6, 6.07) is 13.4. The molecule has 2 aromatic rings. The molecule has 1 aliphatic rings. The fourth-order valence-electron chi connectivity index (χ4n) is 3.24. The standard InChI is InChI=1S/C24H26N4O5S.ClH/c25-12-2-1-3-19(23(31)32)27-21(29)17-8-4-16(5-9-17)14-26-18-10-6-15(7-11-18)13-20-22(30)28-24(33)34-20;/h4-11,13,19,26H,1-3,12,14,25H2,(H,27,29)(H,31,32)(H,28,30,33);1H/b20-13-;/t19-;/m0./s1. The summed E-state index contributed by atoms with van der Waals surface area (Å²) in [4.78, 5) is 47.0. The Hall–Kier alpha value is -3.34. The van der Waals surface area contributed by atoms with Crippen molar-refractivity contribution in [1.82, 2.24) is 10.6 Å². The fraction of sp³-hybridized carbons (Fsp3) is 0.250. The molecule has 3 rings (SSSR count). The Balaban J connectivity index is 0.00000432. The zero-order chi connectivity index (χ0) is 24.5. The van der Waals surface area contributed by atoms with Crippen molar-refractivity contribution in [3.63, 3.8) is 0 Å². The fourth-order valence-corrected chi connectivity index (χ4v) is 3.92. The van der Waals surface area contributed by atoms with Gasteiger partial charge in [0.15, 0.2) is 0 Å². The van der Waals surface area contributed by atoms with Gasteiger partial charge < -0.3 is 21.5 Å². The molecule has 0 unspecified atom stereocenters. The number of carboxylic acid groups (broad SMARTS) is 1. The molecular weight excluding hydrogens is 492 g/mol. The predicted octanol–water partition coefficient (Wildman–Crippen LogP) is 3.36. The number of rotatable bonds is 11. The highest BCUT2D eigenvalue weighted by atomic mass is 35.5. The topological polar surface area (TPSA) is 151 Å². The van der Waals surface area contributed by atoms with Gasteiger partial charge in [-0.2, -0.15) is 0 Å². The quantitative estimate of drug-likeness (QED) is 0.224.